The molecule has 0 spiro atoms. The van der Waals surface area contributed by atoms with Gasteiger partial charge in [-0.15, -0.1) is 0 Å². The van der Waals surface area contributed by atoms with Gasteiger partial charge in [-0.3, -0.25) is 0 Å². The third kappa shape index (κ3) is 2.51. The summed E-state index contributed by atoms with van der Waals surface area (Å²) in [5.74, 6) is 1.95. The molecule has 1 atom stereocenters. The molecule has 3 nitrogen and oxygen atoms in total. The lowest BCUT2D eigenvalue weighted by atomic mass is 10.2. The standard InChI is InChI=1S/C13H15NO2/c1-14-8-13(7-12(14)9-15)16-10-11-5-3-2-4-6-11/h2-6,13H,7-8,10H2,1H3. The first-order valence-corrected chi connectivity index (χ1v) is 5.40. The zero-order valence-corrected chi connectivity index (χ0v) is 9.35. The SMILES string of the molecule is CN1CC(OCc2ccccc2)CC1=C=O. The van der Waals surface area contributed by atoms with E-state index in [2.05, 4.69) is 0 Å². The highest BCUT2D eigenvalue weighted by Crippen LogP contribution is 2.20. The van der Waals surface area contributed by atoms with Crippen molar-refractivity contribution in [3.8, 4) is 0 Å². The molecule has 1 aliphatic heterocycles. The van der Waals surface area contributed by atoms with E-state index in [0.29, 0.717) is 18.7 Å². The predicted molar refractivity (Wildman–Crippen MR) is 61.5 cm³/mol. The zero-order valence-electron chi connectivity index (χ0n) is 9.35. The van der Waals surface area contributed by atoms with Gasteiger partial charge < -0.3 is 9.64 Å². The quantitative estimate of drug-likeness (QED) is 0.721. The Bertz CT molecular complexity index is 396. The van der Waals surface area contributed by atoms with Crippen LogP contribution in [0.15, 0.2) is 36.0 Å². The highest BCUT2D eigenvalue weighted by atomic mass is 16.5. The third-order valence-electron chi connectivity index (χ3n) is 2.81. The fourth-order valence-corrected chi connectivity index (χ4v) is 1.87. The fourth-order valence-electron chi connectivity index (χ4n) is 1.87. The fraction of sp³-hybridized carbons (Fsp3) is 0.385. The number of likely N-dealkylation sites (N-methyl/N-ethyl adjacent to an activating group) is 1. The minimum atomic E-state index is 0.113. The Morgan fingerprint density at radius 1 is 1.44 bits per heavy atom. The summed E-state index contributed by atoms with van der Waals surface area (Å²) in [6.07, 6.45) is 0.786. The Balaban J connectivity index is 1.87. The van der Waals surface area contributed by atoms with Crippen molar-refractivity contribution in [2.45, 2.75) is 19.1 Å². The summed E-state index contributed by atoms with van der Waals surface area (Å²) in [6.45, 7) is 1.38. The molecule has 0 aromatic heterocycles. The maximum absolute atomic E-state index is 10.6. The van der Waals surface area contributed by atoms with Crippen LogP contribution in [0.2, 0.25) is 0 Å². The highest BCUT2D eigenvalue weighted by Gasteiger charge is 2.25. The molecule has 0 bridgehead atoms. The summed E-state index contributed by atoms with van der Waals surface area (Å²) in [6, 6.07) is 10.1. The Morgan fingerprint density at radius 2 is 2.19 bits per heavy atom. The Kier molecular flexibility index (Phi) is 3.40. The van der Waals surface area contributed by atoms with Crippen molar-refractivity contribution in [1.29, 1.82) is 0 Å². The van der Waals surface area contributed by atoms with Gasteiger partial charge in [0.1, 0.15) is 11.6 Å². The monoisotopic (exact) mass is 217 g/mol. The van der Waals surface area contributed by atoms with Crippen molar-refractivity contribution in [1.82, 2.24) is 4.90 Å². The largest absolute Gasteiger partial charge is 0.371 e. The Labute approximate surface area is 95.3 Å². The molecule has 1 aromatic carbocycles. The van der Waals surface area contributed by atoms with Crippen LogP contribution < -0.4 is 0 Å². The van der Waals surface area contributed by atoms with Gasteiger partial charge in [-0.25, -0.2) is 4.79 Å². The number of benzene rings is 1. The molecule has 1 fully saturated rings. The van der Waals surface area contributed by atoms with Gasteiger partial charge in [-0.05, 0) is 5.56 Å². The van der Waals surface area contributed by atoms with Crippen molar-refractivity contribution < 1.29 is 9.53 Å². The second-order valence-electron chi connectivity index (χ2n) is 4.05. The van der Waals surface area contributed by atoms with E-state index < -0.39 is 0 Å². The van der Waals surface area contributed by atoms with Gasteiger partial charge in [0.25, 0.3) is 0 Å². The minimum absolute atomic E-state index is 0.113. The molecule has 1 saturated heterocycles. The molecule has 3 heteroatoms. The van der Waals surface area contributed by atoms with Crippen LogP contribution in [0.25, 0.3) is 0 Å². The Morgan fingerprint density at radius 3 is 2.81 bits per heavy atom. The molecule has 0 amide bonds. The molecule has 0 saturated carbocycles. The topological polar surface area (TPSA) is 29.5 Å². The molecule has 1 unspecified atom stereocenters. The molecular weight excluding hydrogens is 202 g/mol. The number of likely N-dealkylation sites (tertiary alicyclic amines) is 1. The van der Waals surface area contributed by atoms with E-state index >= 15 is 0 Å². The normalized spacial score (nSPS) is 19.9. The van der Waals surface area contributed by atoms with E-state index in [1.165, 1.54) is 0 Å². The maximum Gasteiger partial charge on any atom is 0.145 e. The minimum Gasteiger partial charge on any atom is -0.371 e. The van der Waals surface area contributed by atoms with Crippen molar-refractivity contribution in [2.24, 2.45) is 0 Å². The second-order valence-corrected chi connectivity index (χ2v) is 4.05. The molecule has 16 heavy (non-hydrogen) atoms. The molecule has 1 aliphatic rings. The van der Waals surface area contributed by atoms with Crippen molar-refractivity contribution in [3.05, 3.63) is 41.6 Å². The number of ether oxygens (including phenoxy) is 1. The van der Waals surface area contributed by atoms with Crippen molar-refractivity contribution >= 4 is 5.94 Å². The number of nitrogens with zero attached hydrogens (tertiary/aromatic N) is 1. The van der Waals surface area contributed by atoms with Gasteiger partial charge in [0.05, 0.1) is 12.7 Å². The number of carbonyl (C=O) groups excluding carboxylic acids is 1. The molecule has 2 rings (SSSR count). The van der Waals surface area contributed by atoms with Gasteiger partial charge in [-0.2, -0.15) is 0 Å². The van der Waals surface area contributed by atoms with Gasteiger partial charge in [0.2, 0.25) is 0 Å². The smallest absolute Gasteiger partial charge is 0.145 e. The summed E-state index contributed by atoms with van der Waals surface area (Å²) >= 11 is 0. The number of rotatable bonds is 3. The van der Waals surface area contributed by atoms with E-state index in [-0.39, 0.29) is 6.10 Å². The summed E-state index contributed by atoms with van der Waals surface area (Å²) in [4.78, 5) is 12.5. The number of hydrogen-bond donors (Lipinski definition) is 0. The lowest BCUT2D eigenvalue weighted by Crippen LogP contribution is -2.18. The van der Waals surface area contributed by atoms with Crippen molar-refractivity contribution in [2.75, 3.05) is 13.6 Å². The van der Waals surface area contributed by atoms with Crippen LogP contribution in [-0.2, 0) is 16.1 Å². The molecule has 1 heterocycles. The first kappa shape index (κ1) is 10.9. The Hall–Kier alpha value is -1.57. The first-order chi connectivity index (χ1) is 7.79. The van der Waals surface area contributed by atoms with Crippen molar-refractivity contribution in [3.63, 3.8) is 0 Å². The van der Waals surface area contributed by atoms with Crippen LogP contribution in [-0.4, -0.2) is 30.5 Å². The predicted octanol–water partition coefficient (Wildman–Crippen LogP) is 1.62. The summed E-state index contributed by atoms with van der Waals surface area (Å²) < 4.78 is 5.75. The third-order valence-corrected chi connectivity index (χ3v) is 2.81. The average Bonchev–Trinajstić information content (AvgIpc) is 2.69. The van der Waals surface area contributed by atoms with Crippen LogP contribution >= 0.6 is 0 Å². The first-order valence-electron chi connectivity index (χ1n) is 5.40. The van der Waals surface area contributed by atoms with E-state index in [1.54, 1.807) is 0 Å². The van der Waals surface area contributed by atoms with Crippen LogP contribution in [0.1, 0.15) is 12.0 Å². The van der Waals surface area contributed by atoms with Gasteiger partial charge >= 0.3 is 0 Å². The van der Waals surface area contributed by atoms with E-state index in [1.807, 2.05) is 48.2 Å². The zero-order chi connectivity index (χ0) is 11.4. The molecule has 0 aliphatic carbocycles. The van der Waals surface area contributed by atoms with Gasteiger partial charge in [0, 0.05) is 20.0 Å². The second kappa shape index (κ2) is 4.97. The summed E-state index contributed by atoms with van der Waals surface area (Å²) in [7, 11) is 1.89. The van der Waals surface area contributed by atoms with Crippen LogP contribution in [0.3, 0.4) is 0 Å². The van der Waals surface area contributed by atoms with E-state index in [4.69, 9.17) is 4.74 Å². The van der Waals surface area contributed by atoms with E-state index in [9.17, 15) is 4.79 Å². The molecular formula is C13H15NO2. The average molecular weight is 217 g/mol. The van der Waals surface area contributed by atoms with Crippen LogP contribution in [0, 0.1) is 0 Å². The van der Waals surface area contributed by atoms with E-state index in [0.717, 1.165) is 12.1 Å². The molecule has 1 aromatic rings. The van der Waals surface area contributed by atoms with Crippen LogP contribution in [0.4, 0.5) is 0 Å². The van der Waals surface area contributed by atoms with Gasteiger partial charge in [-0.1, -0.05) is 30.3 Å². The maximum atomic E-state index is 10.6. The molecule has 84 valence electrons. The molecule has 0 radical (unpaired) electrons. The lowest BCUT2D eigenvalue weighted by Gasteiger charge is -2.12. The number of hydrogen-bond acceptors (Lipinski definition) is 3. The summed E-state index contributed by atoms with van der Waals surface area (Å²) in [5, 5.41) is 0. The lowest BCUT2D eigenvalue weighted by molar-refractivity contribution is 0.0485. The van der Waals surface area contributed by atoms with Crippen LogP contribution in [0.5, 0.6) is 0 Å². The summed E-state index contributed by atoms with van der Waals surface area (Å²) in [5.41, 5.74) is 1.87. The molecule has 0 N–H and O–H groups in total. The van der Waals surface area contributed by atoms with Gasteiger partial charge in [0.15, 0.2) is 0 Å². The highest BCUT2D eigenvalue weighted by molar-refractivity contribution is 5.52.